The maximum atomic E-state index is 11.3. The van der Waals surface area contributed by atoms with Crippen molar-refractivity contribution in [2.45, 2.75) is 6.92 Å². The third kappa shape index (κ3) is 2.86. The minimum atomic E-state index is -0.379. The second-order valence-corrected chi connectivity index (χ2v) is 2.98. The molecule has 1 rings (SSSR count). The summed E-state index contributed by atoms with van der Waals surface area (Å²) in [5.74, 6) is 0. The lowest BCUT2D eigenvalue weighted by atomic mass is 10.4. The third-order valence-electron chi connectivity index (χ3n) is 2.10. The number of carbonyl (C=O) groups excluding carboxylic acids is 1. The average Bonchev–Trinajstić information content (AvgIpc) is 2.28. The van der Waals surface area contributed by atoms with Gasteiger partial charge in [0.2, 0.25) is 5.28 Å². The van der Waals surface area contributed by atoms with Crippen molar-refractivity contribution in [3.8, 4) is 0 Å². The lowest BCUT2D eigenvalue weighted by Crippen LogP contribution is -2.50. The first-order valence-electron chi connectivity index (χ1n) is 4.68. The molecule has 8 nitrogen and oxygen atoms in total. The molecule has 1 N–H and O–H groups in total. The first-order chi connectivity index (χ1) is 7.19. The van der Waals surface area contributed by atoms with E-state index in [1.165, 1.54) is 9.91 Å². The molecule has 0 atom stereocenters. The van der Waals surface area contributed by atoms with Gasteiger partial charge in [0, 0.05) is 13.1 Å². The Morgan fingerprint density at radius 2 is 2.13 bits per heavy atom. The van der Waals surface area contributed by atoms with Gasteiger partial charge in [0.15, 0.2) is 0 Å². The van der Waals surface area contributed by atoms with Crippen molar-refractivity contribution in [3.63, 3.8) is 0 Å². The summed E-state index contributed by atoms with van der Waals surface area (Å²) in [6.07, 6.45) is -0.379. The molecule has 15 heavy (non-hydrogen) atoms. The van der Waals surface area contributed by atoms with Gasteiger partial charge in [0.05, 0.1) is 24.7 Å². The largest absolute Gasteiger partial charge is 0.569 e. The zero-order chi connectivity index (χ0) is 11.3. The van der Waals surface area contributed by atoms with Gasteiger partial charge >= 0.3 is 6.09 Å². The van der Waals surface area contributed by atoms with Crippen LogP contribution in [0.15, 0.2) is 5.28 Å². The van der Waals surface area contributed by atoms with E-state index in [9.17, 15) is 10.0 Å². The molecule has 0 aromatic rings. The fraction of sp³-hybridized carbons (Fsp3) is 0.857. The lowest BCUT2D eigenvalue weighted by molar-refractivity contribution is -0.711. The van der Waals surface area contributed by atoms with E-state index in [2.05, 4.69) is 5.28 Å². The van der Waals surface area contributed by atoms with E-state index < -0.39 is 0 Å². The smallest absolute Gasteiger partial charge is 0.409 e. The number of hydrogen-bond donors (Lipinski definition) is 1. The van der Waals surface area contributed by atoms with Crippen LogP contribution >= 0.6 is 0 Å². The van der Waals surface area contributed by atoms with Gasteiger partial charge < -0.3 is 20.1 Å². The summed E-state index contributed by atoms with van der Waals surface area (Å²) in [6.45, 7) is 3.48. The number of amides is 1. The second kappa shape index (κ2) is 5.23. The van der Waals surface area contributed by atoms with Gasteiger partial charge in [-0.25, -0.2) is 4.79 Å². The van der Waals surface area contributed by atoms with E-state index in [4.69, 9.17) is 9.94 Å². The van der Waals surface area contributed by atoms with Crippen LogP contribution < -0.4 is 0 Å². The summed E-state index contributed by atoms with van der Waals surface area (Å²) in [4.78, 5) is 12.9. The molecule has 0 aliphatic carbocycles. The van der Waals surface area contributed by atoms with Gasteiger partial charge in [-0.1, -0.05) is 0 Å². The van der Waals surface area contributed by atoms with Crippen molar-refractivity contribution in [2.75, 3.05) is 32.8 Å². The van der Waals surface area contributed by atoms with Crippen molar-refractivity contribution in [2.24, 2.45) is 5.28 Å². The van der Waals surface area contributed by atoms with Gasteiger partial charge in [-0.2, -0.15) is 0 Å². The average molecular weight is 218 g/mol. The Hall–Kier alpha value is -1.73. The molecule has 1 amide bonds. The molecule has 0 saturated carbocycles. The van der Waals surface area contributed by atoms with Gasteiger partial charge in [-0.15, -0.1) is 5.01 Å². The van der Waals surface area contributed by atoms with Gasteiger partial charge in [-0.3, -0.25) is 0 Å². The Morgan fingerprint density at radius 3 is 2.60 bits per heavy atom. The molecule has 1 heterocycles. The molecule has 0 aromatic heterocycles. The number of piperazine rings is 1. The third-order valence-corrected chi connectivity index (χ3v) is 2.10. The van der Waals surface area contributed by atoms with Crippen LogP contribution in [0.3, 0.4) is 0 Å². The quantitative estimate of drug-likeness (QED) is 0.401. The number of ether oxygens (including phenoxy) is 1. The predicted octanol–water partition coefficient (Wildman–Crippen LogP) is 0.0272. The summed E-state index contributed by atoms with van der Waals surface area (Å²) in [5, 5.41) is 22.9. The van der Waals surface area contributed by atoms with Crippen LogP contribution in [0.2, 0.25) is 0 Å². The molecule has 0 bridgehead atoms. The standard InChI is InChI=1S/C7H14N4O4/c1-2-15-7(12)9-3-5-10(6-4-9)11(14)8-13/h13H,2-6H2,1H3. The van der Waals surface area contributed by atoms with Crippen molar-refractivity contribution in [1.82, 2.24) is 9.91 Å². The molecule has 0 spiro atoms. The van der Waals surface area contributed by atoms with Crippen molar-refractivity contribution < 1.29 is 19.7 Å². The minimum absolute atomic E-state index is 0.114. The fourth-order valence-corrected chi connectivity index (χ4v) is 1.32. The van der Waals surface area contributed by atoms with E-state index >= 15 is 0 Å². The van der Waals surface area contributed by atoms with E-state index in [-0.39, 0.29) is 11.1 Å². The Balaban J connectivity index is 2.39. The van der Waals surface area contributed by atoms with Crippen LogP contribution in [0.4, 0.5) is 4.79 Å². The molecule has 1 fully saturated rings. The van der Waals surface area contributed by atoms with Crippen molar-refractivity contribution in [1.29, 1.82) is 0 Å². The van der Waals surface area contributed by atoms with Gasteiger partial charge in [-0.05, 0) is 6.92 Å². The van der Waals surface area contributed by atoms with Crippen LogP contribution in [-0.4, -0.2) is 59.0 Å². The van der Waals surface area contributed by atoms with Crippen LogP contribution in [0.1, 0.15) is 6.92 Å². The second-order valence-electron chi connectivity index (χ2n) is 2.98. The summed E-state index contributed by atoms with van der Waals surface area (Å²) < 4.78 is 4.81. The summed E-state index contributed by atoms with van der Waals surface area (Å²) >= 11 is 0. The lowest BCUT2D eigenvalue weighted by Gasteiger charge is -2.30. The van der Waals surface area contributed by atoms with E-state index in [0.29, 0.717) is 32.8 Å². The van der Waals surface area contributed by atoms with E-state index in [0.717, 1.165) is 0 Å². The molecule has 0 unspecified atom stereocenters. The van der Waals surface area contributed by atoms with Crippen LogP contribution in [-0.2, 0) is 4.74 Å². The molecule has 1 aliphatic heterocycles. The summed E-state index contributed by atoms with van der Waals surface area (Å²) in [6, 6.07) is 0. The zero-order valence-corrected chi connectivity index (χ0v) is 8.50. The molecule has 8 heteroatoms. The molecule has 0 aromatic carbocycles. The van der Waals surface area contributed by atoms with E-state index in [1.54, 1.807) is 6.92 Å². The fourth-order valence-electron chi connectivity index (χ4n) is 1.32. The molecule has 86 valence electrons. The number of rotatable bonds is 2. The SMILES string of the molecule is CCOC(=O)N1CCN([N+]([O-])=NO)CC1. The van der Waals surface area contributed by atoms with Crippen molar-refractivity contribution in [3.05, 3.63) is 5.21 Å². The number of carbonyl (C=O) groups is 1. The van der Waals surface area contributed by atoms with Crippen LogP contribution in [0, 0.1) is 5.21 Å². The molecular weight excluding hydrogens is 204 g/mol. The highest BCUT2D eigenvalue weighted by Gasteiger charge is 2.25. The monoisotopic (exact) mass is 218 g/mol. The highest BCUT2D eigenvalue weighted by Crippen LogP contribution is 2.03. The van der Waals surface area contributed by atoms with Gasteiger partial charge in [0.1, 0.15) is 0 Å². The molecule has 1 aliphatic rings. The summed E-state index contributed by atoms with van der Waals surface area (Å²) in [7, 11) is 0. The first-order valence-corrected chi connectivity index (χ1v) is 4.68. The number of hydrazine groups is 1. The topological polar surface area (TPSA) is 91.4 Å². The van der Waals surface area contributed by atoms with Gasteiger partial charge in [0.25, 0.3) is 0 Å². The Labute approximate surface area is 86.8 Å². The maximum absolute atomic E-state index is 11.3. The molecule has 0 radical (unpaired) electrons. The van der Waals surface area contributed by atoms with E-state index in [1.807, 2.05) is 0 Å². The maximum Gasteiger partial charge on any atom is 0.409 e. The normalized spacial score (nSPS) is 17.8. The van der Waals surface area contributed by atoms with Crippen LogP contribution in [0.25, 0.3) is 0 Å². The highest BCUT2D eigenvalue weighted by atomic mass is 16.6. The molecule has 1 saturated heterocycles. The number of nitrogens with zero attached hydrogens (tertiary/aromatic N) is 4. The first kappa shape index (κ1) is 11.3. The number of hydrogen-bond acceptors (Lipinski definition) is 4. The predicted molar refractivity (Wildman–Crippen MR) is 48.0 cm³/mol. The Bertz CT molecular complexity index is 249. The minimum Gasteiger partial charge on any atom is -0.569 e. The summed E-state index contributed by atoms with van der Waals surface area (Å²) in [5.41, 5.74) is 0. The van der Waals surface area contributed by atoms with Crippen molar-refractivity contribution >= 4 is 6.09 Å². The Morgan fingerprint density at radius 1 is 1.53 bits per heavy atom. The van der Waals surface area contributed by atoms with Crippen LogP contribution in [0.5, 0.6) is 0 Å². The molecular formula is C7H14N4O4. The zero-order valence-electron chi connectivity index (χ0n) is 8.50. The highest BCUT2D eigenvalue weighted by molar-refractivity contribution is 5.67. The Kier molecular flexibility index (Phi) is 3.95.